The lowest BCUT2D eigenvalue weighted by Crippen LogP contribution is -1.87. The van der Waals surface area contributed by atoms with Crippen LogP contribution in [0.15, 0.2) is 87.1 Å². The molecular formula is C20H12FN3O3S. The van der Waals surface area contributed by atoms with E-state index in [1.807, 2.05) is 24.3 Å². The van der Waals surface area contributed by atoms with E-state index in [4.69, 9.17) is 4.52 Å². The second-order valence-corrected chi connectivity index (χ2v) is 6.87. The van der Waals surface area contributed by atoms with Gasteiger partial charge in [0.15, 0.2) is 0 Å². The Morgan fingerprint density at radius 2 is 1.61 bits per heavy atom. The quantitative estimate of drug-likeness (QED) is 0.324. The summed E-state index contributed by atoms with van der Waals surface area (Å²) in [7, 11) is 0. The van der Waals surface area contributed by atoms with E-state index in [9.17, 15) is 14.5 Å². The van der Waals surface area contributed by atoms with Crippen molar-refractivity contribution in [1.29, 1.82) is 0 Å². The average Bonchev–Trinajstić information content (AvgIpc) is 3.19. The predicted octanol–water partition coefficient (Wildman–Crippen LogP) is 5.60. The van der Waals surface area contributed by atoms with Crippen molar-refractivity contribution < 1.29 is 13.8 Å². The van der Waals surface area contributed by atoms with Crippen molar-refractivity contribution in [3.8, 4) is 22.8 Å². The Balaban J connectivity index is 1.65. The molecule has 4 aromatic rings. The van der Waals surface area contributed by atoms with E-state index in [0.29, 0.717) is 5.56 Å². The number of hydrogen-bond donors (Lipinski definition) is 0. The van der Waals surface area contributed by atoms with Crippen LogP contribution >= 0.6 is 11.8 Å². The highest BCUT2D eigenvalue weighted by molar-refractivity contribution is 7.99. The van der Waals surface area contributed by atoms with Crippen molar-refractivity contribution in [1.82, 2.24) is 10.1 Å². The summed E-state index contributed by atoms with van der Waals surface area (Å²) < 4.78 is 19.3. The molecule has 0 aliphatic rings. The van der Waals surface area contributed by atoms with E-state index in [1.54, 1.807) is 30.3 Å². The molecule has 138 valence electrons. The SMILES string of the molecule is O=[N+]([O-])c1ccc(Sc2ccccc2-c2nc(-c3ccccc3F)no2)cc1. The predicted molar refractivity (Wildman–Crippen MR) is 102 cm³/mol. The number of non-ortho nitro benzene ring substituents is 1. The Kier molecular flexibility index (Phi) is 4.86. The number of halogens is 1. The molecule has 0 atom stereocenters. The van der Waals surface area contributed by atoms with Gasteiger partial charge in [0.1, 0.15) is 5.82 Å². The van der Waals surface area contributed by atoms with Crippen LogP contribution in [-0.4, -0.2) is 15.1 Å². The summed E-state index contributed by atoms with van der Waals surface area (Å²) in [5, 5.41) is 14.7. The number of hydrogen-bond acceptors (Lipinski definition) is 6. The Labute approximate surface area is 163 Å². The first-order valence-electron chi connectivity index (χ1n) is 8.22. The summed E-state index contributed by atoms with van der Waals surface area (Å²) in [5.41, 5.74) is 0.989. The largest absolute Gasteiger partial charge is 0.334 e. The van der Waals surface area contributed by atoms with Gasteiger partial charge >= 0.3 is 0 Å². The molecule has 0 radical (unpaired) electrons. The minimum absolute atomic E-state index is 0.0315. The van der Waals surface area contributed by atoms with Crippen LogP contribution in [0.4, 0.5) is 10.1 Å². The molecule has 0 saturated carbocycles. The molecule has 1 aromatic heterocycles. The molecular weight excluding hydrogens is 381 g/mol. The first kappa shape index (κ1) is 17.9. The lowest BCUT2D eigenvalue weighted by molar-refractivity contribution is -0.384. The summed E-state index contributed by atoms with van der Waals surface area (Å²) in [4.78, 5) is 16.3. The third-order valence-corrected chi connectivity index (χ3v) is 5.02. The maximum absolute atomic E-state index is 14.0. The van der Waals surface area contributed by atoms with Crippen LogP contribution in [0.1, 0.15) is 0 Å². The monoisotopic (exact) mass is 393 g/mol. The second kappa shape index (κ2) is 7.61. The van der Waals surface area contributed by atoms with E-state index in [0.717, 1.165) is 9.79 Å². The van der Waals surface area contributed by atoms with Gasteiger partial charge in [-0.1, -0.05) is 41.2 Å². The maximum atomic E-state index is 14.0. The smallest absolute Gasteiger partial charge is 0.269 e. The van der Waals surface area contributed by atoms with Crippen LogP contribution in [0.2, 0.25) is 0 Å². The number of nitro benzene ring substituents is 1. The Morgan fingerprint density at radius 3 is 2.32 bits per heavy atom. The van der Waals surface area contributed by atoms with E-state index in [1.165, 1.54) is 30.0 Å². The van der Waals surface area contributed by atoms with Crippen molar-refractivity contribution in [3.05, 3.63) is 88.7 Å². The Bertz CT molecular complexity index is 1150. The topological polar surface area (TPSA) is 82.1 Å². The van der Waals surface area contributed by atoms with Crippen LogP contribution < -0.4 is 0 Å². The third-order valence-electron chi connectivity index (χ3n) is 3.93. The average molecular weight is 393 g/mol. The molecule has 0 bridgehead atoms. The highest BCUT2D eigenvalue weighted by atomic mass is 32.2. The van der Waals surface area contributed by atoms with Crippen LogP contribution in [0.3, 0.4) is 0 Å². The zero-order valence-electron chi connectivity index (χ0n) is 14.3. The van der Waals surface area contributed by atoms with Gasteiger partial charge in [0.2, 0.25) is 5.82 Å². The molecule has 0 spiro atoms. The minimum atomic E-state index is -0.439. The van der Waals surface area contributed by atoms with Crippen molar-refractivity contribution in [2.24, 2.45) is 0 Å². The van der Waals surface area contributed by atoms with Gasteiger partial charge in [-0.15, -0.1) is 0 Å². The van der Waals surface area contributed by atoms with Gasteiger partial charge in [-0.05, 0) is 36.4 Å². The number of benzene rings is 3. The zero-order valence-corrected chi connectivity index (χ0v) is 15.1. The molecule has 8 heteroatoms. The lowest BCUT2D eigenvalue weighted by Gasteiger charge is -2.05. The van der Waals surface area contributed by atoms with Gasteiger partial charge in [0, 0.05) is 21.9 Å². The molecule has 1 heterocycles. The van der Waals surface area contributed by atoms with Crippen molar-refractivity contribution in [3.63, 3.8) is 0 Å². The molecule has 3 aromatic carbocycles. The van der Waals surface area contributed by atoms with Crippen LogP contribution in [0.5, 0.6) is 0 Å². The summed E-state index contributed by atoms with van der Waals surface area (Å²) >= 11 is 1.41. The molecule has 0 N–H and O–H groups in total. The molecule has 0 fully saturated rings. The Hall–Kier alpha value is -3.52. The van der Waals surface area contributed by atoms with Gasteiger partial charge in [0.25, 0.3) is 11.6 Å². The fourth-order valence-corrected chi connectivity index (χ4v) is 3.52. The molecule has 0 aliphatic heterocycles. The fraction of sp³-hybridized carbons (Fsp3) is 0. The van der Waals surface area contributed by atoms with Crippen molar-refractivity contribution in [2.45, 2.75) is 9.79 Å². The molecule has 28 heavy (non-hydrogen) atoms. The molecule has 0 unspecified atom stereocenters. The van der Waals surface area contributed by atoms with Gasteiger partial charge < -0.3 is 4.52 Å². The summed E-state index contributed by atoms with van der Waals surface area (Å²) in [5.74, 6) is 0.00916. The standard InChI is InChI=1S/C20H12FN3O3S/c21-17-7-3-1-5-15(17)19-22-20(27-23-19)16-6-2-4-8-18(16)28-14-11-9-13(10-12-14)24(25)26/h1-12H. The second-order valence-electron chi connectivity index (χ2n) is 5.75. The number of nitrogens with zero attached hydrogens (tertiary/aromatic N) is 3. The highest BCUT2D eigenvalue weighted by Crippen LogP contribution is 2.36. The number of aromatic nitrogens is 2. The van der Waals surface area contributed by atoms with Crippen LogP contribution in [0, 0.1) is 15.9 Å². The Morgan fingerprint density at radius 1 is 0.929 bits per heavy atom. The zero-order chi connectivity index (χ0) is 19.5. The fourth-order valence-electron chi connectivity index (χ4n) is 2.58. The number of rotatable bonds is 5. The van der Waals surface area contributed by atoms with E-state index in [-0.39, 0.29) is 23.0 Å². The molecule has 6 nitrogen and oxygen atoms in total. The van der Waals surface area contributed by atoms with E-state index >= 15 is 0 Å². The van der Waals surface area contributed by atoms with Gasteiger partial charge in [0.05, 0.1) is 16.1 Å². The first-order chi connectivity index (χ1) is 13.6. The van der Waals surface area contributed by atoms with Crippen molar-refractivity contribution in [2.75, 3.05) is 0 Å². The summed E-state index contributed by atoms with van der Waals surface area (Å²) in [6.07, 6.45) is 0. The van der Waals surface area contributed by atoms with Crippen molar-refractivity contribution >= 4 is 17.4 Å². The van der Waals surface area contributed by atoms with Gasteiger partial charge in [-0.3, -0.25) is 10.1 Å². The first-order valence-corrected chi connectivity index (χ1v) is 9.04. The maximum Gasteiger partial charge on any atom is 0.269 e. The molecule has 0 saturated heterocycles. The molecule has 0 aliphatic carbocycles. The van der Waals surface area contributed by atoms with Gasteiger partial charge in [-0.2, -0.15) is 4.98 Å². The minimum Gasteiger partial charge on any atom is -0.334 e. The summed E-state index contributed by atoms with van der Waals surface area (Å²) in [6, 6.07) is 19.9. The highest BCUT2D eigenvalue weighted by Gasteiger charge is 2.16. The van der Waals surface area contributed by atoms with Crippen LogP contribution in [0.25, 0.3) is 22.8 Å². The number of nitro groups is 1. The van der Waals surface area contributed by atoms with E-state index < -0.39 is 10.7 Å². The van der Waals surface area contributed by atoms with Crippen LogP contribution in [-0.2, 0) is 0 Å². The normalized spacial score (nSPS) is 10.8. The third kappa shape index (κ3) is 3.63. The molecule has 4 rings (SSSR count). The lowest BCUT2D eigenvalue weighted by atomic mass is 10.2. The van der Waals surface area contributed by atoms with E-state index in [2.05, 4.69) is 10.1 Å². The van der Waals surface area contributed by atoms with Gasteiger partial charge in [-0.25, -0.2) is 4.39 Å². The summed E-state index contributed by atoms with van der Waals surface area (Å²) in [6.45, 7) is 0. The molecule has 0 amide bonds.